The Bertz CT molecular complexity index is 830. The van der Waals surface area contributed by atoms with E-state index in [0.717, 1.165) is 24.0 Å². The number of nitrogens with zero attached hydrogens (tertiary/aromatic N) is 5. The van der Waals surface area contributed by atoms with Crippen molar-refractivity contribution in [3.05, 3.63) is 47.3 Å². The molecule has 1 aliphatic carbocycles. The fraction of sp³-hybridized carbons (Fsp3) is 0.333. The van der Waals surface area contributed by atoms with Gasteiger partial charge in [-0.15, -0.1) is 14.8 Å². The van der Waals surface area contributed by atoms with Crippen molar-refractivity contribution in [1.29, 1.82) is 0 Å². The smallest absolute Gasteiger partial charge is 0.200 e. The molecule has 0 bridgehead atoms. The van der Waals surface area contributed by atoms with Gasteiger partial charge in [-0.25, -0.2) is 4.39 Å². The number of tetrazole rings is 1. The van der Waals surface area contributed by atoms with E-state index in [-0.39, 0.29) is 11.9 Å². The first-order chi connectivity index (χ1) is 10.7. The first kappa shape index (κ1) is 13.1. The normalized spacial score (nSPS) is 20.8. The summed E-state index contributed by atoms with van der Waals surface area (Å²) < 4.78 is 15.4. The van der Waals surface area contributed by atoms with Gasteiger partial charge in [-0.2, -0.15) is 0 Å². The van der Waals surface area contributed by atoms with E-state index in [4.69, 9.17) is 0 Å². The second-order valence-electron chi connectivity index (χ2n) is 5.69. The molecule has 0 fully saturated rings. The highest BCUT2D eigenvalue weighted by molar-refractivity contribution is 5.46. The molecule has 1 N–H and O–H groups in total. The standard InChI is InChI=1S/C15H15FN6/c1-9-5-6-10-11(3-2-4-12(10)16)15(9)17-13-7-8-14-18-20-21-22(14)19-13/h2-4,7-9,15H,5-6H2,1H3,(H,17,19)/t9-,15+/m1/s1. The number of benzene rings is 1. The van der Waals surface area contributed by atoms with Crippen LogP contribution in [0.1, 0.15) is 30.5 Å². The average Bonchev–Trinajstić information content (AvgIpc) is 2.98. The van der Waals surface area contributed by atoms with Crippen LogP contribution in [0, 0.1) is 11.7 Å². The van der Waals surface area contributed by atoms with E-state index < -0.39 is 0 Å². The number of rotatable bonds is 2. The zero-order valence-corrected chi connectivity index (χ0v) is 12.1. The summed E-state index contributed by atoms with van der Waals surface area (Å²) in [6.45, 7) is 2.17. The zero-order valence-electron chi connectivity index (χ0n) is 12.1. The van der Waals surface area contributed by atoms with E-state index >= 15 is 0 Å². The highest BCUT2D eigenvalue weighted by Gasteiger charge is 2.28. The fourth-order valence-electron chi connectivity index (χ4n) is 3.08. The number of aromatic nitrogens is 5. The average molecular weight is 298 g/mol. The van der Waals surface area contributed by atoms with Crippen LogP contribution in [0.25, 0.3) is 5.65 Å². The van der Waals surface area contributed by atoms with Crippen molar-refractivity contribution in [2.45, 2.75) is 25.8 Å². The molecule has 7 heteroatoms. The molecule has 0 saturated heterocycles. The Hall–Kier alpha value is -2.57. The van der Waals surface area contributed by atoms with E-state index in [9.17, 15) is 4.39 Å². The third-order valence-corrected chi connectivity index (χ3v) is 4.28. The van der Waals surface area contributed by atoms with Crippen LogP contribution in [-0.2, 0) is 6.42 Å². The molecule has 112 valence electrons. The van der Waals surface area contributed by atoms with Crippen molar-refractivity contribution in [2.24, 2.45) is 5.92 Å². The van der Waals surface area contributed by atoms with E-state index in [1.54, 1.807) is 12.1 Å². The van der Waals surface area contributed by atoms with Gasteiger partial charge in [-0.3, -0.25) is 0 Å². The van der Waals surface area contributed by atoms with E-state index in [0.29, 0.717) is 17.4 Å². The molecule has 1 aliphatic rings. The third kappa shape index (κ3) is 2.09. The predicted molar refractivity (Wildman–Crippen MR) is 78.8 cm³/mol. The molecule has 0 aliphatic heterocycles. The maximum atomic E-state index is 14.0. The van der Waals surface area contributed by atoms with Crippen LogP contribution in [0.2, 0.25) is 0 Å². The molecule has 0 amide bonds. The Balaban J connectivity index is 1.71. The van der Waals surface area contributed by atoms with Crippen LogP contribution < -0.4 is 5.32 Å². The van der Waals surface area contributed by atoms with Gasteiger partial charge in [0.25, 0.3) is 0 Å². The lowest BCUT2D eigenvalue weighted by Crippen LogP contribution is -2.26. The van der Waals surface area contributed by atoms with Gasteiger partial charge in [0.2, 0.25) is 0 Å². The van der Waals surface area contributed by atoms with Crippen molar-refractivity contribution in [3.63, 3.8) is 0 Å². The zero-order chi connectivity index (χ0) is 15.1. The van der Waals surface area contributed by atoms with Gasteiger partial charge in [0.05, 0.1) is 6.04 Å². The Labute approximate surface area is 126 Å². The van der Waals surface area contributed by atoms with Crippen molar-refractivity contribution < 1.29 is 4.39 Å². The Morgan fingerprint density at radius 1 is 1.27 bits per heavy atom. The molecule has 0 unspecified atom stereocenters. The summed E-state index contributed by atoms with van der Waals surface area (Å²) in [7, 11) is 0. The second kappa shape index (κ2) is 5.01. The van der Waals surface area contributed by atoms with Gasteiger partial charge >= 0.3 is 0 Å². The summed E-state index contributed by atoms with van der Waals surface area (Å²) in [5.74, 6) is 0.939. The lowest BCUT2D eigenvalue weighted by Gasteiger charge is -2.32. The third-order valence-electron chi connectivity index (χ3n) is 4.28. The Morgan fingerprint density at radius 3 is 3.09 bits per heavy atom. The topological polar surface area (TPSA) is 68.0 Å². The number of anilines is 1. The van der Waals surface area contributed by atoms with Gasteiger partial charge in [0.1, 0.15) is 11.6 Å². The second-order valence-corrected chi connectivity index (χ2v) is 5.69. The summed E-state index contributed by atoms with van der Waals surface area (Å²) in [5.41, 5.74) is 2.41. The minimum absolute atomic E-state index is 0.0286. The van der Waals surface area contributed by atoms with Crippen LogP contribution in [0.5, 0.6) is 0 Å². The summed E-state index contributed by atoms with van der Waals surface area (Å²) in [6.07, 6.45) is 1.72. The number of halogens is 1. The quantitative estimate of drug-likeness (QED) is 0.787. The van der Waals surface area contributed by atoms with E-state index in [1.165, 1.54) is 10.7 Å². The molecular formula is C15H15FN6. The van der Waals surface area contributed by atoms with Crippen molar-refractivity contribution in [2.75, 3.05) is 5.32 Å². The number of hydrogen-bond donors (Lipinski definition) is 1. The van der Waals surface area contributed by atoms with Gasteiger partial charge in [0, 0.05) is 0 Å². The Kier molecular flexibility index (Phi) is 2.99. The molecule has 6 nitrogen and oxygen atoms in total. The minimum Gasteiger partial charge on any atom is -0.361 e. The highest BCUT2D eigenvalue weighted by atomic mass is 19.1. The van der Waals surface area contributed by atoms with Crippen LogP contribution in [0.4, 0.5) is 10.2 Å². The van der Waals surface area contributed by atoms with Crippen LogP contribution >= 0.6 is 0 Å². The van der Waals surface area contributed by atoms with Crippen LogP contribution in [0.15, 0.2) is 30.3 Å². The van der Waals surface area contributed by atoms with Crippen molar-refractivity contribution in [1.82, 2.24) is 25.3 Å². The molecule has 2 heterocycles. The number of nitrogens with one attached hydrogen (secondary N) is 1. The summed E-state index contributed by atoms with van der Waals surface area (Å²) in [5, 5.41) is 18.9. The van der Waals surface area contributed by atoms with Crippen molar-refractivity contribution in [3.8, 4) is 0 Å². The maximum Gasteiger partial charge on any atom is 0.200 e. The van der Waals surface area contributed by atoms with E-state index in [2.05, 4.69) is 32.9 Å². The summed E-state index contributed by atoms with van der Waals surface area (Å²) in [4.78, 5) is 0. The molecule has 0 spiro atoms. The summed E-state index contributed by atoms with van der Waals surface area (Å²) in [6, 6.07) is 8.94. The lowest BCUT2D eigenvalue weighted by atomic mass is 9.80. The van der Waals surface area contributed by atoms with Gasteiger partial charge in [-0.05, 0) is 58.5 Å². The Morgan fingerprint density at radius 2 is 2.18 bits per heavy atom. The molecule has 0 saturated carbocycles. The van der Waals surface area contributed by atoms with Gasteiger partial charge in [0.15, 0.2) is 5.65 Å². The monoisotopic (exact) mass is 298 g/mol. The van der Waals surface area contributed by atoms with Crippen LogP contribution in [0.3, 0.4) is 0 Å². The number of hydrogen-bond acceptors (Lipinski definition) is 5. The lowest BCUT2D eigenvalue weighted by molar-refractivity contribution is 0.422. The van der Waals surface area contributed by atoms with Gasteiger partial charge < -0.3 is 5.32 Å². The first-order valence-electron chi connectivity index (χ1n) is 7.31. The molecule has 1 aromatic carbocycles. The highest BCUT2D eigenvalue weighted by Crippen LogP contribution is 2.37. The SMILES string of the molecule is C[C@@H]1CCc2c(F)cccc2[C@H]1Nc1ccc2nnnn2n1. The molecular weight excluding hydrogens is 283 g/mol. The molecule has 2 aromatic heterocycles. The molecule has 3 aromatic rings. The van der Waals surface area contributed by atoms with Gasteiger partial charge in [-0.1, -0.05) is 19.1 Å². The van der Waals surface area contributed by atoms with Crippen molar-refractivity contribution >= 4 is 11.5 Å². The maximum absolute atomic E-state index is 14.0. The first-order valence-corrected chi connectivity index (χ1v) is 7.31. The fourth-order valence-corrected chi connectivity index (χ4v) is 3.08. The largest absolute Gasteiger partial charge is 0.361 e. The molecule has 2 atom stereocenters. The number of fused-ring (bicyclic) bond motifs is 2. The van der Waals surface area contributed by atoms with Crippen LogP contribution in [-0.4, -0.2) is 25.3 Å². The molecule has 22 heavy (non-hydrogen) atoms. The minimum atomic E-state index is -0.125. The summed E-state index contributed by atoms with van der Waals surface area (Å²) >= 11 is 0. The molecule has 4 rings (SSSR count). The molecule has 0 radical (unpaired) electrons. The predicted octanol–water partition coefficient (Wildman–Crippen LogP) is 2.39. The van der Waals surface area contributed by atoms with E-state index in [1.807, 2.05) is 12.1 Å².